The molecule has 1 atom stereocenters. The second-order valence-electron chi connectivity index (χ2n) is 12.8. The molecule has 0 aliphatic carbocycles. The number of rotatable bonds is 8. The largest absolute Gasteiger partial charge is 0.365 e. The average molecular weight is 669 g/mol. The van der Waals surface area contributed by atoms with Crippen LogP contribution in [-0.4, -0.2) is 71.2 Å². The van der Waals surface area contributed by atoms with E-state index in [9.17, 15) is 14.4 Å². The van der Waals surface area contributed by atoms with Crippen LogP contribution in [-0.2, 0) is 4.79 Å². The first-order chi connectivity index (χ1) is 23.4. The Morgan fingerprint density at radius 3 is 2.52 bits per heavy atom. The Bertz CT molecular complexity index is 1730. The minimum absolute atomic E-state index is 0.0450. The monoisotopic (exact) mass is 668 g/mol. The number of hydrogen-bond acceptors (Lipinski definition) is 11. The van der Waals surface area contributed by atoms with E-state index in [1.54, 1.807) is 12.1 Å². The molecule has 7 rings (SSSR count). The summed E-state index contributed by atoms with van der Waals surface area (Å²) < 4.78 is 13.6. The Kier molecular flexibility index (Phi) is 9.28. The number of nitrogens with one attached hydrogen (secondary N) is 3. The molecule has 0 radical (unpaired) electrons. The summed E-state index contributed by atoms with van der Waals surface area (Å²) in [4.78, 5) is 34.2. The zero-order valence-corrected chi connectivity index (χ0v) is 28.2. The fraction of sp³-hybridized carbons (Fsp3) is 0.457. The zero-order chi connectivity index (χ0) is 33.2. The van der Waals surface area contributed by atoms with E-state index in [1.165, 1.54) is 23.5 Å². The molecule has 2 aromatic heterocycles. The maximum absolute atomic E-state index is 13.6. The Morgan fingerprint density at radius 2 is 1.83 bits per heavy atom. The minimum Gasteiger partial charge on any atom is -0.365 e. The number of benzene rings is 1. The van der Waals surface area contributed by atoms with Crippen molar-refractivity contribution in [2.75, 3.05) is 43.0 Å². The molecule has 0 bridgehead atoms. The molecular weight excluding hydrogens is 628 g/mol. The highest BCUT2D eigenvalue weighted by atomic mass is 32.1. The molecule has 48 heavy (non-hydrogen) atoms. The lowest BCUT2D eigenvalue weighted by Crippen LogP contribution is -2.47. The number of thiazole rings is 1. The van der Waals surface area contributed by atoms with Gasteiger partial charge >= 0.3 is 0 Å². The van der Waals surface area contributed by atoms with Crippen LogP contribution in [0.5, 0.6) is 0 Å². The number of amides is 1. The van der Waals surface area contributed by atoms with Crippen LogP contribution in [0.1, 0.15) is 62.3 Å². The van der Waals surface area contributed by atoms with E-state index in [0.717, 1.165) is 93.8 Å². The number of anilines is 2. The minimum atomic E-state index is -0.327. The van der Waals surface area contributed by atoms with Crippen molar-refractivity contribution in [1.82, 2.24) is 35.8 Å². The van der Waals surface area contributed by atoms with Gasteiger partial charge in [0, 0.05) is 61.8 Å². The topological polar surface area (TPSA) is 125 Å². The molecule has 1 aromatic carbocycles. The van der Waals surface area contributed by atoms with Crippen LogP contribution >= 0.6 is 11.3 Å². The molecule has 2 saturated heterocycles. The summed E-state index contributed by atoms with van der Waals surface area (Å²) in [5.74, 6) is 1.61. The molecule has 1 amide bonds. The number of nitrogens with zero attached hydrogens (tertiary/aromatic N) is 7. The van der Waals surface area contributed by atoms with Crippen molar-refractivity contribution in [1.29, 1.82) is 5.26 Å². The number of aromatic nitrogens is 3. The maximum Gasteiger partial charge on any atom is 0.225 e. The third kappa shape index (κ3) is 6.47. The van der Waals surface area contributed by atoms with Crippen LogP contribution in [0, 0.1) is 23.1 Å². The maximum atomic E-state index is 13.6. The van der Waals surface area contributed by atoms with Gasteiger partial charge in [0.15, 0.2) is 5.13 Å². The highest BCUT2D eigenvalue weighted by Gasteiger charge is 2.36. The van der Waals surface area contributed by atoms with Gasteiger partial charge in [0.05, 0.1) is 5.70 Å². The average Bonchev–Trinajstić information content (AvgIpc) is 3.74. The molecule has 4 aliphatic heterocycles. The fourth-order valence-electron chi connectivity index (χ4n) is 7.08. The van der Waals surface area contributed by atoms with Gasteiger partial charge in [-0.1, -0.05) is 18.3 Å². The first-order valence-corrected chi connectivity index (χ1v) is 17.7. The van der Waals surface area contributed by atoms with Crippen LogP contribution in [0.25, 0.3) is 16.8 Å². The Labute approximate surface area is 284 Å². The summed E-state index contributed by atoms with van der Waals surface area (Å²) >= 11 is 1.33. The van der Waals surface area contributed by atoms with E-state index < -0.39 is 0 Å². The number of nitriles is 1. The highest BCUT2D eigenvalue weighted by molar-refractivity contribution is 7.16. The Hall–Kier alpha value is -4.54. The van der Waals surface area contributed by atoms with Crippen molar-refractivity contribution < 1.29 is 9.18 Å². The predicted molar refractivity (Wildman–Crippen MR) is 185 cm³/mol. The first kappa shape index (κ1) is 32.0. The molecular formula is C35H41FN10OS. The van der Waals surface area contributed by atoms with Gasteiger partial charge in [0.25, 0.3) is 0 Å². The van der Waals surface area contributed by atoms with Gasteiger partial charge in [-0.15, -0.1) is 0 Å². The van der Waals surface area contributed by atoms with Crippen LogP contribution in [0.4, 0.5) is 15.5 Å². The number of halogens is 1. The second-order valence-corrected chi connectivity index (χ2v) is 13.8. The highest BCUT2D eigenvalue weighted by Crippen LogP contribution is 2.40. The lowest BCUT2D eigenvalue weighted by molar-refractivity contribution is -0.126. The van der Waals surface area contributed by atoms with Crippen molar-refractivity contribution >= 4 is 33.9 Å². The summed E-state index contributed by atoms with van der Waals surface area (Å²) in [5.41, 5.74) is 4.51. The van der Waals surface area contributed by atoms with Crippen LogP contribution in [0.3, 0.4) is 0 Å². The molecule has 11 nitrogen and oxygen atoms in total. The summed E-state index contributed by atoms with van der Waals surface area (Å²) in [6, 6.07) is 8.65. The van der Waals surface area contributed by atoms with Gasteiger partial charge in [-0.05, 0) is 87.9 Å². The van der Waals surface area contributed by atoms with Crippen LogP contribution < -0.4 is 25.8 Å². The molecule has 0 spiro atoms. The lowest BCUT2D eigenvalue weighted by Gasteiger charge is -2.34. The van der Waals surface area contributed by atoms with Gasteiger partial charge in [0.1, 0.15) is 34.4 Å². The Balaban J connectivity index is 1.04. The van der Waals surface area contributed by atoms with Crippen molar-refractivity contribution in [3.8, 4) is 17.3 Å². The Morgan fingerprint density at radius 1 is 1.10 bits per heavy atom. The van der Waals surface area contributed by atoms with Gasteiger partial charge in [-0.3, -0.25) is 4.79 Å². The molecule has 250 valence electrons. The summed E-state index contributed by atoms with van der Waals surface area (Å²) in [7, 11) is 1.98. The molecule has 1 unspecified atom stereocenters. The van der Waals surface area contributed by atoms with Crippen molar-refractivity contribution in [3.63, 3.8) is 0 Å². The van der Waals surface area contributed by atoms with Gasteiger partial charge in [0.2, 0.25) is 11.9 Å². The summed E-state index contributed by atoms with van der Waals surface area (Å²) in [5, 5.41) is 20.9. The molecule has 3 aromatic rings. The van der Waals surface area contributed by atoms with E-state index in [4.69, 9.17) is 15.0 Å². The molecule has 2 fully saturated rings. The number of piperidine rings is 2. The lowest BCUT2D eigenvalue weighted by atomic mass is 9.95. The summed E-state index contributed by atoms with van der Waals surface area (Å²) in [6.45, 7) is 5.59. The third-order valence-corrected chi connectivity index (χ3v) is 10.8. The zero-order valence-electron chi connectivity index (χ0n) is 27.4. The third-order valence-electron chi connectivity index (χ3n) is 9.81. The van der Waals surface area contributed by atoms with Crippen LogP contribution in [0.15, 0.2) is 54.4 Å². The van der Waals surface area contributed by atoms with Crippen molar-refractivity contribution in [3.05, 3.63) is 70.6 Å². The van der Waals surface area contributed by atoms with Gasteiger partial charge in [-0.2, -0.15) is 5.26 Å². The van der Waals surface area contributed by atoms with Crippen molar-refractivity contribution in [2.24, 2.45) is 5.92 Å². The summed E-state index contributed by atoms with van der Waals surface area (Å²) in [6.07, 6.45) is 12.3. The predicted octanol–water partition coefficient (Wildman–Crippen LogP) is 4.78. The second kappa shape index (κ2) is 13.9. The molecule has 3 N–H and O–H groups in total. The molecule has 0 saturated carbocycles. The smallest absolute Gasteiger partial charge is 0.225 e. The van der Waals surface area contributed by atoms with Crippen molar-refractivity contribution in [2.45, 2.75) is 64.1 Å². The number of hydrogen-bond donors (Lipinski definition) is 3. The quantitative estimate of drug-likeness (QED) is 0.309. The van der Waals surface area contributed by atoms with Gasteiger partial charge in [-0.25, -0.2) is 19.3 Å². The van der Waals surface area contributed by atoms with E-state index in [1.807, 2.05) is 24.3 Å². The van der Waals surface area contributed by atoms with E-state index >= 15 is 0 Å². The number of carbonyl (C=O) groups excluding carboxylic acids is 1. The fourth-order valence-corrected chi connectivity index (χ4v) is 7.93. The molecule has 13 heteroatoms. The van der Waals surface area contributed by atoms with E-state index in [0.29, 0.717) is 33.3 Å². The number of allylic oxidation sites excluding steroid dienone is 2. The standard InChI is InChI=1S/C35H41FN10OS/c1-3-28-33(44(2)35-43-31(29(18-37)48-35)22-4-7-26(36)8-5-22)46-21-24(6-9-30(46)42-28)25-19-39-34(40-20-25)45-16-12-23(13-17-45)32(47)41-27-10-14-38-15-11-27/h4-5,7-8,19-21,23,27,30,38,42H,3,6,9-17H2,1-2H3,(H,41,47). The SMILES string of the molecule is CCC1=C(N(C)c2nc(-c3ccc(F)cc3)c(C#N)s2)N2C=C(c3cnc(N4CCC(C(=O)NC5CCNCC5)CC4)nc3)CCC2N1. The normalized spacial score (nSPS) is 20.2. The number of fused-ring (bicyclic) bond motifs is 1. The molecule has 4 aliphatic rings. The van der Waals surface area contributed by atoms with Gasteiger partial charge < -0.3 is 30.7 Å². The van der Waals surface area contributed by atoms with Crippen LogP contribution in [0.2, 0.25) is 0 Å². The van der Waals surface area contributed by atoms with E-state index in [-0.39, 0.29) is 23.8 Å². The van der Waals surface area contributed by atoms with E-state index in [2.05, 4.69) is 44.9 Å². The number of carbonyl (C=O) groups is 1. The first-order valence-electron chi connectivity index (χ1n) is 16.9. The molecule has 6 heterocycles.